The number of nitrogens with zero attached hydrogens (tertiary/aromatic N) is 2. The Kier molecular flexibility index (Phi) is 3.08. The molecule has 1 aromatic heterocycles. The van der Waals surface area contributed by atoms with E-state index in [4.69, 9.17) is 10.3 Å². The Morgan fingerprint density at radius 2 is 2.06 bits per heavy atom. The molecule has 0 spiro atoms. The third-order valence-corrected chi connectivity index (χ3v) is 2.29. The largest absolute Gasteiger partial charge is 0.416 e. The number of alkyl halides is 3. The molecule has 0 aliphatic heterocycles. The van der Waals surface area contributed by atoms with Crippen LogP contribution < -0.4 is 5.73 Å². The van der Waals surface area contributed by atoms with Gasteiger partial charge in [-0.3, -0.25) is 0 Å². The van der Waals surface area contributed by atoms with Crippen LogP contribution in [0.25, 0.3) is 11.5 Å². The van der Waals surface area contributed by atoms with E-state index in [1.54, 1.807) is 6.92 Å². The van der Waals surface area contributed by atoms with Crippen molar-refractivity contribution in [3.63, 3.8) is 0 Å². The van der Waals surface area contributed by atoms with E-state index in [2.05, 4.69) is 10.1 Å². The van der Waals surface area contributed by atoms with E-state index in [1.165, 1.54) is 12.1 Å². The van der Waals surface area contributed by atoms with Gasteiger partial charge in [0.05, 0.1) is 11.6 Å². The van der Waals surface area contributed by atoms with Gasteiger partial charge in [-0.15, -0.1) is 0 Å². The van der Waals surface area contributed by atoms with Gasteiger partial charge in [-0.25, -0.2) is 0 Å². The zero-order chi connectivity index (χ0) is 13.3. The fourth-order valence-electron chi connectivity index (χ4n) is 1.37. The first-order chi connectivity index (χ1) is 8.38. The van der Waals surface area contributed by atoms with Crippen molar-refractivity contribution >= 4 is 0 Å². The molecular weight excluding hydrogens is 247 g/mol. The average molecular weight is 257 g/mol. The highest BCUT2D eigenvalue weighted by Gasteiger charge is 2.30. The average Bonchev–Trinajstić information content (AvgIpc) is 2.77. The highest BCUT2D eigenvalue weighted by molar-refractivity contribution is 5.54. The molecule has 0 bridgehead atoms. The standard InChI is InChI=1S/C11H10F3N3O/c1-6(15)9-16-10(18-17-9)7-3-2-4-8(5-7)11(12,13)14/h2-6H,15H2,1H3. The number of hydrogen-bond donors (Lipinski definition) is 1. The third kappa shape index (κ3) is 2.51. The summed E-state index contributed by atoms with van der Waals surface area (Å²) >= 11 is 0. The number of halogens is 3. The minimum Gasteiger partial charge on any atom is -0.334 e. The topological polar surface area (TPSA) is 64.9 Å². The summed E-state index contributed by atoms with van der Waals surface area (Å²) in [7, 11) is 0. The highest BCUT2D eigenvalue weighted by atomic mass is 19.4. The van der Waals surface area contributed by atoms with E-state index >= 15 is 0 Å². The molecule has 18 heavy (non-hydrogen) atoms. The summed E-state index contributed by atoms with van der Waals surface area (Å²) < 4.78 is 42.5. The molecule has 7 heteroatoms. The maximum atomic E-state index is 12.5. The van der Waals surface area contributed by atoms with E-state index in [1.807, 2.05) is 0 Å². The lowest BCUT2D eigenvalue weighted by atomic mass is 10.1. The van der Waals surface area contributed by atoms with E-state index in [0.29, 0.717) is 0 Å². The predicted octanol–water partition coefficient (Wildman–Crippen LogP) is 2.78. The fraction of sp³-hybridized carbons (Fsp3) is 0.273. The predicted molar refractivity (Wildman–Crippen MR) is 57.3 cm³/mol. The number of aromatic nitrogens is 2. The zero-order valence-electron chi connectivity index (χ0n) is 9.40. The van der Waals surface area contributed by atoms with Crippen molar-refractivity contribution in [1.82, 2.24) is 10.1 Å². The Morgan fingerprint density at radius 1 is 1.33 bits per heavy atom. The van der Waals surface area contributed by atoms with Crippen LogP contribution in [0, 0.1) is 0 Å². The maximum Gasteiger partial charge on any atom is 0.416 e. The van der Waals surface area contributed by atoms with E-state index < -0.39 is 17.8 Å². The lowest BCUT2D eigenvalue weighted by Crippen LogP contribution is -2.06. The van der Waals surface area contributed by atoms with Gasteiger partial charge >= 0.3 is 6.18 Å². The van der Waals surface area contributed by atoms with Crippen molar-refractivity contribution in [3.05, 3.63) is 35.7 Å². The van der Waals surface area contributed by atoms with E-state index in [0.717, 1.165) is 12.1 Å². The molecule has 0 saturated heterocycles. The molecule has 0 saturated carbocycles. The van der Waals surface area contributed by atoms with Crippen LogP contribution >= 0.6 is 0 Å². The van der Waals surface area contributed by atoms with Gasteiger partial charge in [0.1, 0.15) is 0 Å². The molecule has 2 aromatic rings. The Morgan fingerprint density at radius 3 is 2.61 bits per heavy atom. The summed E-state index contributed by atoms with van der Waals surface area (Å²) in [6.07, 6.45) is -4.40. The van der Waals surface area contributed by atoms with Crippen molar-refractivity contribution in [2.45, 2.75) is 19.1 Å². The fourth-order valence-corrected chi connectivity index (χ4v) is 1.37. The third-order valence-electron chi connectivity index (χ3n) is 2.29. The van der Waals surface area contributed by atoms with Crippen molar-refractivity contribution < 1.29 is 17.7 Å². The van der Waals surface area contributed by atoms with Crippen LogP contribution in [0.2, 0.25) is 0 Å². The van der Waals surface area contributed by atoms with Gasteiger partial charge in [0.25, 0.3) is 5.89 Å². The van der Waals surface area contributed by atoms with E-state index in [9.17, 15) is 13.2 Å². The van der Waals surface area contributed by atoms with Crippen molar-refractivity contribution in [2.24, 2.45) is 5.73 Å². The SMILES string of the molecule is CC(N)c1noc(-c2cccc(C(F)(F)F)c2)n1. The molecule has 0 aliphatic carbocycles. The second kappa shape index (κ2) is 4.41. The zero-order valence-corrected chi connectivity index (χ0v) is 9.40. The first-order valence-corrected chi connectivity index (χ1v) is 5.15. The summed E-state index contributed by atoms with van der Waals surface area (Å²) in [6, 6.07) is 4.25. The summed E-state index contributed by atoms with van der Waals surface area (Å²) in [4.78, 5) is 3.93. The van der Waals surface area contributed by atoms with Crippen LogP contribution in [-0.4, -0.2) is 10.1 Å². The molecule has 2 N–H and O–H groups in total. The molecule has 0 amide bonds. The lowest BCUT2D eigenvalue weighted by Gasteiger charge is -2.06. The molecule has 2 rings (SSSR count). The van der Waals surface area contributed by atoms with Crippen molar-refractivity contribution in [1.29, 1.82) is 0 Å². The highest BCUT2D eigenvalue weighted by Crippen LogP contribution is 2.31. The van der Waals surface area contributed by atoms with E-state index in [-0.39, 0.29) is 17.3 Å². The van der Waals surface area contributed by atoms with Gasteiger partial charge < -0.3 is 10.3 Å². The molecule has 0 aliphatic rings. The Labute approximate surface area is 101 Å². The van der Waals surface area contributed by atoms with Crippen LogP contribution in [-0.2, 0) is 6.18 Å². The minimum absolute atomic E-state index is 0.0217. The molecule has 1 unspecified atom stereocenters. The second-order valence-electron chi connectivity index (χ2n) is 3.82. The normalized spacial score (nSPS) is 13.6. The van der Waals surface area contributed by atoms with Crippen LogP contribution in [0.5, 0.6) is 0 Å². The van der Waals surface area contributed by atoms with Crippen molar-refractivity contribution in [2.75, 3.05) is 0 Å². The lowest BCUT2D eigenvalue weighted by molar-refractivity contribution is -0.137. The van der Waals surface area contributed by atoms with Crippen LogP contribution in [0.15, 0.2) is 28.8 Å². The van der Waals surface area contributed by atoms with Crippen LogP contribution in [0.4, 0.5) is 13.2 Å². The van der Waals surface area contributed by atoms with Gasteiger partial charge in [0.15, 0.2) is 5.82 Å². The first-order valence-electron chi connectivity index (χ1n) is 5.15. The Balaban J connectivity index is 2.38. The summed E-state index contributed by atoms with van der Waals surface area (Å²) in [5.41, 5.74) is 4.99. The minimum atomic E-state index is -4.40. The quantitative estimate of drug-likeness (QED) is 0.898. The molecule has 96 valence electrons. The monoisotopic (exact) mass is 257 g/mol. The molecule has 0 radical (unpaired) electrons. The molecule has 0 fully saturated rings. The number of benzene rings is 1. The smallest absolute Gasteiger partial charge is 0.334 e. The van der Waals surface area contributed by atoms with Gasteiger partial charge in [-0.2, -0.15) is 18.2 Å². The van der Waals surface area contributed by atoms with Crippen molar-refractivity contribution in [3.8, 4) is 11.5 Å². The first kappa shape index (κ1) is 12.6. The summed E-state index contributed by atoms with van der Waals surface area (Å²) in [6.45, 7) is 1.65. The maximum absolute atomic E-state index is 12.5. The summed E-state index contributed by atoms with van der Waals surface area (Å²) in [5.74, 6) is 0.274. The molecule has 1 aromatic carbocycles. The van der Waals surface area contributed by atoms with Crippen LogP contribution in [0.3, 0.4) is 0 Å². The molecule has 4 nitrogen and oxygen atoms in total. The second-order valence-corrected chi connectivity index (χ2v) is 3.82. The number of nitrogens with two attached hydrogens (primary N) is 1. The Bertz CT molecular complexity index is 548. The molecule has 1 heterocycles. The van der Waals surface area contributed by atoms with Gasteiger partial charge in [-0.05, 0) is 25.1 Å². The number of rotatable bonds is 2. The summed E-state index contributed by atoms with van der Waals surface area (Å²) in [5, 5.41) is 3.59. The number of hydrogen-bond acceptors (Lipinski definition) is 4. The molecule has 1 atom stereocenters. The van der Waals surface area contributed by atoms with Gasteiger partial charge in [0, 0.05) is 5.56 Å². The Hall–Kier alpha value is -1.89. The molecular formula is C11H10F3N3O. The van der Waals surface area contributed by atoms with Gasteiger partial charge in [0.2, 0.25) is 0 Å². The van der Waals surface area contributed by atoms with Gasteiger partial charge in [-0.1, -0.05) is 11.2 Å². The van der Waals surface area contributed by atoms with Crippen LogP contribution in [0.1, 0.15) is 24.4 Å².